The molecule has 0 saturated heterocycles. The van der Waals surface area contributed by atoms with Gasteiger partial charge in [0.25, 0.3) is 5.91 Å². The number of carbonyl (C=O) groups is 1. The number of thioether (sulfide) groups is 1. The van der Waals surface area contributed by atoms with Gasteiger partial charge < -0.3 is 5.32 Å². The molecule has 1 atom stereocenters. The normalized spacial score (nSPS) is 12.2. The molecular weight excluding hydrogens is 306 g/mol. The zero-order valence-corrected chi connectivity index (χ0v) is 13.8. The zero-order valence-electron chi connectivity index (χ0n) is 12.3. The lowest BCUT2D eigenvalue weighted by atomic mass is 10.1. The molecule has 0 fully saturated rings. The van der Waals surface area contributed by atoms with Crippen LogP contribution in [0.1, 0.15) is 35.9 Å². The van der Waals surface area contributed by atoms with Crippen LogP contribution in [0, 0.1) is 0 Å². The number of carbonyl (C=O) groups excluding carboxylic acids is 1. The molecule has 1 aromatic heterocycles. The molecule has 2 rings (SSSR count). The van der Waals surface area contributed by atoms with Crippen molar-refractivity contribution in [1.82, 2.24) is 15.1 Å². The molecule has 2 aromatic rings. The van der Waals surface area contributed by atoms with Crippen molar-refractivity contribution in [3.63, 3.8) is 0 Å². The van der Waals surface area contributed by atoms with Crippen LogP contribution in [0.4, 0.5) is 0 Å². The first-order valence-corrected chi connectivity index (χ1v) is 8.33. The third kappa shape index (κ3) is 3.60. The number of hydrogen-bond acceptors (Lipinski definition) is 3. The Morgan fingerprint density at radius 1 is 1.48 bits per heavy atom. The van der Waals surface area contributed by atoms with E-state index in [4.69, 9.17) is 11.6 Å². The summed E-state index contributed by atoms with van der Waals surface area (Å²) in [5, 5.41) is 7.65. The van der Waals surface area contributed by atoms with E-state index >= 15 is 0 Å². The molecule has 0 radical (unpaired) electrons. The van der Waals surface area contributed by atoms with Crippen molar-refractivity contribution < 1.29 is 4.79 Å². The van der Waals surface area contributed by atoms with Crippen molar-refractivity contribution in [2.75, 3.05) is 6.26 Å². The lowest BCUT2D eigenvalue weighted by molar-refractivity contribution is 0.0938. The van der Waals surface area contributed by atoms with E-state index in [-0.39, 0.29) is 11.9 Å². The smallest absolute Gasteiger partial charge is 0.253 e. The molecule has 0 aliphatic carbocycles. The van der Waals surface area contributed by atoms with Gasteiger partial charge in [-0.1, -0.05) is 11.6 Å². The Labute approximate surface area is 133 Å². The van der Waals surface area contributed by atoms with E-state index in [1.54, 1.807) is 24.0 Å². The van der Waals surface area contributed by atoms with Gasteiger partial charge in [0.1, 0.15) is 0 Å². The zero-order chi connectivity index (χ0) is 15.4. The molecule has 6 heteroatoms. The highest BCUT2D eigenvalue weighted by atomic mass is 35.5. The SMILES string of the molecule is CCn1nccc1C(C)NC(=O)c1cc(SC)ccc1Cl. The first-order chi connectivity index (χ1) is 10.1. The Hall–Kier alpha value is -1.46. The highest BCUT2D eigenvalue weighted by molar-refractivity contribution is 7.98. The Bertz CT molecular complexity index is 642. The highest BCUT2D eigenvalue weighted by Gasteiger charge is 2.17. The van der Waals surface area contributed by atoms with Crippen molar-refractivity contribution in [3.05, 3.63) is 46.7 Å². The Balaban J connectivity index is 2.18. The molecule has 4 nitrogen and oxygen atoms in total. The molecule has 0 aliphatic rings. The van der Waals surface area contributed by atoms with E-state index in [9.17, 15) is 4.79 Å². The van der Waals surface area contributed by atoms with Gasteiger partial charge in [-0.05, 0) is 44.4 Å². The van der Waals surface area contributed by atoms with Crippen LogP contribution >= 0.6 is 23.4 Å². The molecule has 0 saturated carbocycles. The number of aromatic nitrogens is 2. The van der Waals surface area contributed by atoms with Gasteiger partial charge in [0.15, 0.2) is 0 Å². The number of aryl methyl sites for hydroxylation is 1. The minimum Gasteiger partial charge on any atom is -0.344 e. The van der Waals surface area contributed by atoms with Crippen LogP contribution in [0.2, 0.25) is 5.02 Å². The number of benzene rings is 1. The summed E-state index contributed by atoms with van der Waals surface area (Å²) in [7, 11) is 0. The molecule has 1 N–H and O–H groups in total. The second kappa shape index (κ2) is 7.00. The summed E-state index contributed by atoms with van der Waals surface area (Å²) in [6, 6.07) is 7.25. The van der Waals surface area contributed by atoms with Gasteiger partial charge in [-0.15, -0.1) is 11.8 Å². The number of nitrogens with one attached hydrogen (secondary N) is 1. The molecular formula is C15H18ClN3OS. The average Bonchev–Trinajstić information content (AvgIpc) is 2.96. The summed E-state index contributed by atoms with van der Waals surface area (Å²) in [5.41, 5.74) is 1.47. The van der Waals surface area contributed by atoms with Crippen LogP contribution in [0.25, 0.3) is 0 Å². The lowest BCUT2D eigenvalue weighted by Gasteiger charge is -2.16. The van der Waals surface area contributed by atoms with Crippen LogP contribution < -0.4 is 5.32 Å². The van der Waals surface area contributed by atoms with Gasteiger partial charge in [-0.3, -0.25) is 9.48 Å². The minimum absolute atomic E-state index is 0.131. The highest BCUT2D eigenvalue weighted by Crippen LogP contribution is 2.23. The maximum absolute atomic E-state index is 12.4. The molecule has 1 heterocycles. The van der Waals surface area contributed by atoms with Gasteiger partial charge in [0.05, 0.1) is 22.3 Å². The van der Waals surface area contributed by atoms with Gasteiger partial charge in [-0.2, -0.15) is 5.10 Å². The van der Waals surface area contributed by atoms with E-state index < -0.39 is 0 Å². The fourth-order valence-electron chi connectivity index (χ4n) is 2.13. The van der Waals surface area contributed by atoms with E-state index in [1.165, 1.54) is 0 Å². The number of nitrogens with zero attached hydrogens (tertiary/aromatic N) is 2. The topological polar surface area (TPSA) is 46.9 Å². The quantitative estimate of drug-likeness (QED) is 0.852. The number of amides is 1. The number of hydrogen-bond donors (Lipinski definition) is 1. The van der Waals surface area contributed by atoms with Crippen molar-refractivity contribution in [3.8, 4) is 0 Å². The second-order valence-electron chi connectivity index (χ2n) is 4.61. The van der Waals surface area contributed by atoms with Crippen molar-refractivity contribution >= 4 is 29.3 Å². The van der Waals surface area contributed by atoms with Gasteiger partial charge >= 0.3 is 0 Å². The third-order valence-corrected chi connectivity index (χ3v) is 4.31. The summed E-state index contributed by atoms with van der Waals surface area (Å²) in [6.07, 6.45) is 3.70. The molecule has 1 aromatic carbocycles. The fraction of sp³-hybridized carbons (Fsp3) is 0.333. The Morgan fingerprint density at radius 3 is 2.90 bits per heavy atom. The van der Waals surface area contributed by atoms with Gasteiger partial charge in [0, 0.05) is 17.6 Å². The minimum atomic E-state index is -0.174. The lowest BCUT2D eigenvalue weighted by Crippen LogP contribution is -2.28. The van der Waals surface area contributed by atoms with E-state index in [2.05, 4.69) is 10.4 Å². The molecule has 0 bridgehead atoms. The maximum Gasteiger partial charge on any atom is 0.253 e. The fourth-order valence-corrected chi connectivity index (χ4v) is 2.77. The first kappa shape index (κ1) is 15.9. The molecule has 21 heavy (non-hydrogen) atoms. The van der Waals surface area contributed by atoms with Crippen molar-refractivity contribution in [2.24, 2.45) is 0 Å². The standard InChI is InChI=1S/C15H18ClN3OS/c1-4-19-14(7-8-17-19)10(2)18-15(20)12-9-11(21-3)5-6-13(12)16/h5-10H,4H2,1-3H3,(H,18,20). The molecule has 0 aliphatic heterocycles. The van der Waals surface area contributed by atoms with Crippen LogP contribution in [-0.2, 0) is 6.54 Å². The Kier molecular flexibility index (Phi) is 5.31. The average molecular weight is 324 g/mol. The van der Waals surface area contributed by atoms with E-state index in [0.717, 1.165) is 17.1 Å². The van der Waals surface area contributed by atoms with E-state index in [0.29, 0.717) is 10.6 Å². The van der Waals surface area contributed by atoms with Crippen LogP contribution in [0.3, 0.4) is 0 Å². The summed E-state index contributed by atoms with van der Waals surface area (Å²) in [6.45, 7) is 4.72. The van der Waals surface area contributed by atoms with Crippen LogP contribution in [0.5, 0.6) is 0 Å². The van der Waals surface area contributed by atoms with E-state index in [1.807, 2.05) is 43.0 Å². The van der Waals surface area contributed by atoms with Crippen LogP contribution in [0.15, 0.2) is 35.4 Å². The van der Waals surface area contributed by atoms with Crippen molar-refractivity contribution in [1.29, 1.82) is 0 Å². The largest absolute Gasteiger partial charge is 0.344 e. The Morgan fingerprint density at radius 2 is 2.24 bits per heavy atom. The third-order valence-electron chi connectivity index (χ3n) is 3.26. The molecule has 1 unspecified atom stereocenters. The summed E-state index contributed by atoms with van der Waals surface area (Å²) < 4.78 is 1.87. The monoisotopic (exact) mass is 323 g/mol. The predicted octanol–water partition coefficient (Wildman–Crippen LogP) is 3.77. The van der Waals surface area contributed by atoms with Crippen molar-refractivity contribution in [2.45, 2.75) is 31.3 Å². The number of halogens is 1. The molecule has 112 valence electrons. The summed E-state index contributed by atoms with van der Waals surface area (Å²) >= 11 is 7.71. The maximum atomic E-state index is 12.4. The van der Waals surface area contributed by atoms with Crippen LogP contribution in [-0.4, -0.2) is 21.9 Å². The summed E-state index contributed by atoms with van der Waals surface area (Å²) in [5.74, 6) is -0.174. The second-order valence-corrected chi connectivity index (χ2v) is 5.90. The van der Waals surface area contributed by atoms with Gasteiger partial charge in [0.2, 0.25) is 0 Å². The first-order valence-electron chi connectivity index (χ1n) is 6.73. The molecule has 0 spiro atoms. The molecule has 1 amide bonds. The number of rotatable bonds is 5. The predicted molar refractivity (Wildman–Crippen MR) is 87.0 cm³/mol. The van der Waals surface area contributed by atoms with Gasteiger partial charge in [-0.25, -0.2) is 0 Å². The summed E-state index contributed by atoms with van der Waals surface area (Å²) in [4.78, 5) is 13.4.